The van der Waals surface area contributed by atoms with Gasteiger partial charge in [0, 0.05) is 26.1 Å². The van der Waals surface area contributed by atoms with E-state index in [1.165, 1.54) is 0 Å². The van der Waals surface area contributed by atoms with E-state index in [0.717, 1.165) is 5.56 Å². The number of rotatable bonds is 3. The molecule has 1 saturated heterocycles. The van der Waals surface area contributed by atoms with E-state index in [9.17, 15) is 9.59 Å². The lowest BCUT2D eigenvalue weighted by atomic mass is 10.0. The van der Waals surface area contributed by atoms with E-state index in [1.54, 1.807) is 11.9 Å². The second kappa shape index (κ2) is 6.06. The number of hydrogen-bond donors (Lipinski definition) is 1. The topological polar surface area (TPSA) is 49.4 Å². The Kier molecular flexibility index (Phi) is 4.43. The van der Waals surface area contributed by atoms with Gasteiger partial charge in [-0.05, 0) is 12.0 Å². The Hall–Kier alpha value is -1.55. The maximum absolute atomic E-state index is 12.1. The van der Waals surface area contributed by atoms with Crippen LogP contribution in [0.25, 0.3) is 0 Å². The molecule has 1 aliphatic rings. The van der Waals surface area contributed by atoms with Crippen LogP contribution in [0.3, 0.4) is 0 Å². The number of nitrogens with zero attached hydrogens (tertiary/aromatic N) is 1. The minimum atomic E-state index is -0.691. The zero-order chi connectivity index (χ0) is 13.8. The van der Waals surface area contributed by atoms with E-state index in [0.29, 0.717) is 19.4 Å². The molecule has 2 rings (SSSR count). The molecule has 1 fully saturated rings. The Balaban J connectivity index is 1.93. The molecule has 102 valence electrons. The minimum Gasteiger partial charge on any atom is -0.350 e. The Labute approximate surface area is 117 Å². The van der Waals surface area contributed by atoms with Gasteiger partial charge in [0.15, 0.2) is 0 Å². The highest BCUT2D eigenvalue weighted by molar-refractivity contribution is 6.30. The van der Waals surface area contributed by atoms with Crippen molar-refractivity contribution in [2.45, 2.75) is 24.3 Å². The summed E-state index contributed by atoms with van der Waals surface area (Å²) in [6, 6.07) is 9.23. The molecule has 1 heterocycles. The average Bonchev–Trinajstić information content (AvgIpc) is 2.43. The lowest BCUT2D eigenvalue weighted by Gasteiger charge is -2.30. The van der Waals surface area contributed by atoms with Gasteiger partial charge in [0.25, 0.3) is 0 Å². The van der Waals surface area contributed by atoms with E-state index in [4.69, 9.17) is 11.6 Å². The van der Waals surface area contributed by atoms with Crippen molar-refractivity contribution in [1.29, 1.82) is 0 Å². The van der Waals surface area contributed by atoms with Crippen LogP contribution in [0.15, 0.2) is 30.3 Å². The SMILES string of the molecule is CN1CC(NC(=O)C(Cl)c2ccccc2)CCC1=O. The summed E-state index contributed by atoms with van der Waals surface area (Å²) in [6.45, 7) is 0.545. The van der Waals surface area contributed by atoms with Gasteiger partial charge < -0.3 is 10.2 Å². The fraction of sp³-hybridized carbons (Fsp3) is 0.429. The Bertz CT molecular complexity index is 464. The van der Waals surface area contributed by atoms with Crippen LogP contribution < -0.4 is 5.32 Å². The van der Waals surface area contributed by atoms with Gasteiger partial charge in [-0.15, -0.1) is 11.6 Å². The fourth-order valence-corrected chi connectivity index (χ4v) is 2.39. The van der Waals surface area contributed by atoms with Crippen LogP contribution in [0.4, 0.5) is 0 Å². The maximum atomic E-state index is 12.1. The highest BCUT2D eigenvalue weighted by Crippen LogP contribution is 2.21. The summed E-state index contributed by atoms with van der Waals surface area (Å²) in [4.78, 5) is 25.1. The first-order valence-electron chi connectivity index (χ1n) is 6.31. The lowest BCUT2D eigenvalue weighted by molar-refractivity contribution is -0.133. The number of likely N-dealkylation sites (tertiary alicyclic amines) is 1. The van der Waals surface area contributed by atoms with Gasteiger partial charge in [-0.3, -0.25) is 9.59 Å². The van der Waals surface area contributed by atoms with Gasteiger partial charge >= 0.3 is 0 Å². The predicted molar refractivity (Wildman–Crippen MR) is 73.8 cm³/mol. The van der Waals surface area contributed by atoms with Crippen molar-refractivity contribution in [3.8, 4) is 0 Å². The molecule has 19 heavy (non-hydrogen) atoms. The van der Waals surface area contributed by atoms with Gasteiger partial charge in [0.05, 0.1) is 0 Å². The highest BCUT2D eigenvalue weighted by Gasteiger charge is 2.26. The standard InChI is InChI=1S/C14H17ClN2O2/c1-17-9-11(7-8-12(17)18)16-14(19)13(15)10-5-3-2-4-6-10/h2-6,11,13H,7-9H2,1H3,(H,16,19). The number of piperidine rings is 1. The molecule has 0 aliphatic carbocycles. The number of nitrogens with one attached hydrogen (secondary N) is 1. The highest BCUT2D eigenvalue weighted by atomic mass is 35.5. The van der Waals surface area contributed by atoms with Crippen molar-refractivity contribution in [2.75, 3.05) is 13.6 Å². The fourth-order valence-electron chi connectivity index (χ4n) is 2.18. The molecule has 0 radical (unpaired) electrons. The van der Waals surface area contributed by atoms with Crippen molar-refractivity contribution in [1.82, 2.24) is 10.2 Å². The molecule has 1 aromatic carbocycles. The minimum absolute atomic E-state index is 0.0137. The zero-order valence-electron chi connectivity index (χ0n) is 10.8. The number of amides is 2. The molecule has 0 saturated carbocycles. The Morgan fingerprint density at radius 2 is 2.11 bits per heavy atom. The monoisotopic (exact) mass is 280 g/mol. The van der Waals surface area contributed by atoms with Crippen molar-refractivity contribution < 1.29 is 9.59 Å². The summed E-state index contributed by atoms with van der Waals surface area (Å²) in [7, 11) is 1.75. The molecule has 2 amide bonds. The van der Waals surface area contributed by atoms with E-state index < -0.39 is 5.38 Å². The van der Waals surface area contributed by atoms with Crippen molar-refractivity contribution >= 4 is 23.4 Å². The summed E-state index contributed by atoms with van der Waals surface area (Å²) >= 11 is 6.15. The van der Waals surface area contributed by atoms with Crippen molar-refractivity contribution in [3.63, 3.8) is 0 Å². The number of likely N-dealkylation sites (N-methyl/N-ethyl adjacent to an activating group) is 1. The molecule has 4 nitrogen and oxygen atoms in total. The summed E-state index contributed by atoms with van der Waals surface area (Å²) in [6.07, 6.45) is 1.15. The molecule has 1 aliphatic heterocycles. The number of alkyl halides is 1. The second-order valence-corrected chi connectivity index (χ2v) is 5.23. The first-order chi connectivity index (χ1) is 9.08. The van der Waals surface area contributed by atoms with Crippen LogP contribution in [-0.2, 0) is 9.59 Å². The van der Waals surface area contributed by atoms with Gasteiger partial charge in [0.1, 0.15) is 5.38 Å². The first-order valence-corrected chi connectivity index (χ1v) is 6.75. The number of hydrogen-bond acceptors (Lipinski definition) is 2. The van der Waals surface area contributed by atoms with Gasteiger partial charge in [-0.2, -0.15) is 0 Å². The molecule has 1 N–H and O–H groups in total. The van der Waals surface area contributed by atoms with E-state index in [2.05, 4.69) is 5.32 Å². The van der Waals surface area contributed by atoms with Gasteiger partial charge in [-0.1, -0.05) is 30.3 Å². The summed E-state index contributed by atoms with van der Waals surface area (Å²) in [5, 5.41) is 2.21. The van der Waals surface area contributed by atoms with E-state index >= 15 is 0 Å². The van der Waals surface area contributed by atoms with Crippen LogP contribution in [0.1, 0.15) is 23.8 Å². The summed E-state index contributed by atoms with van der Waals surface area (Å²) in [5.74, 6) is -0.0865. The van der Waals surface area contributed by atoms with Crippen LogP contribution in [0, 0.1) is 0 Å². The molecule has 5 heteroatoms. The van der Waals surface area contributed by atoms with Crippen molar-refractivity contribution in [2.24, 2.45) is 0 Å². The second-order valence-electron chi connectivity index (χ2n) is 4.79. The molecular weight excluding hydrogens is 264 g/mol. The number of halogens is 1. The molecule has 1 aromatic rings. The average molecular weight is 281 g/mol. The number of carbonyl (C=O) groups is 2. The smallest absolute Gasteiger partial charge is 0.242 e. The third kappa shape index (κ3) is 3.47. The largest absolute Gasteiger partial charge is 0.350 e. The van der Waals surface area contributed by atoms with Gasteiger partial charge in [0.2, 0.25) is 11.8 Å². The zero-order valence-corrected chi connectivity index (χ0v) is 11.6. The van der Waals surface area contributed by atoms with E-state index in [1.807, 2.05) is 30.3 Å². The molecule has 0 bridgehead atoms. The number of benzene rings is 1. The number of carbonyl (C=O) groups excluding carboxylic acids is 2. The third-order valence-electron chi connectivity index (χ3n) is 3.30. The molecular formula is C14H17ClN2O2. The molecule has 0 spiro atoms. The van der Waals surface area contributed by atoms with Gasteiger partial charge in [-0.25, -0.2) is 0 Å². The van der Waals surface area contributed by atoms with Crippen LogP contribution >= 0.6 is 11.6 Å². The third-order valence-corrected chi connectivity index (χ3v) is 3.75. The quantitative estimate of drug-likeness (QED) is 0.857. The molecule has 0 aromatic heterocycles. The normalized spacial score (nSPS) is 21.1. The van der Waals surface area contributed by atoms with E-state index in [-0.39, 0.29) is 17.9 Å². The summed E-state index contributed by atoms with van der Waals surface area (Å²) in [5.41, 5.74) is 0.780. The van der Waals surface area contributed by atoms with Crippen LogP contribution in [-0.4, -0.2) is 36.3 Å². The lowest BCUT2D eigenvalue weighted by Crippen LogP contribution is -2.49. The molecule has 2 unspecified atom stereocenters. The van der Waals surface area contributed by atoms with Crippen LogP contribution in [0.2, 0.25) is 0 Å². The summed E-state index contributed by atoms with van der Waals surface area (Å²) < 4.78 is 0. The van der Waals surface area contributed by atoms with Crippen LogP contribution in [0.5, 0.6) is 0 Å². The first kappa shape index (κ1) is 13.9. The van der Waals surface area contributed by atoms with Crippen molar-refractivity contribution in [3.05, 3.63) is 35.9 Å². The molecule has 2 atom stereocenters. The Morgan fingerprint density at radius 3 is 2.74 bits per heavy atom. The maximum Gasteiger partial charge on any atom is 0.242 e. The Morgan fingerprint density at radius 1 is 1.42 bits per heavy atom. The predicted octanol–water partition coefficient (Wildman–Crippen LogP) is 1.70.